The van der Waals surface area contributed by atoms with Crippen molar-refractivity contribution in [2.45, 2.75) is 13.8 Å². The Balaban J connectivity index is 2.41. The molecule has 2 aromatic rings. The highest BCUT2D eigenvalue weighted by atomic mass is 79.9. The van der Waals surface area contributed by atoms with Crippen LogP contribution in [-0.4, -0.2) is 21.4 Å². The summed E-state index contributed by atoms with van der Waals surface area (Å²) in [5.41, 5.74) is 1.61. The van der Waals surface area contributed by atoms with Crippen LogP contribution in [-0.2, 0) is 0 Å². The highest BCUT2D eigenvalue weighted by molar-refractivity contribution is 9.10. The highest BCUT2D eigenvalue weighted by Crippen LogP contribution is 2.32. The molecule has 7 nitrogen and oxygen atoms in total. The Hall–Kier alpha value is -2.22. The minimum atomic E-state index is -0.496. The smallest absolute Gasteiger partial charge is 0.353 e. The van der Waals surface area contributed by atoms with E-state index in [0.717, 1.165) is 10.0 Å². The third-order valence-corrected chi connectivity index (χ3v) is 3.64. The average molecular weight is 352 g/mol. The number of rotatable bonds is 5. The first-order chi connectivity index (χ1) is 10.0. The number of nitrogens with one attached hydrogen (secondary N) is 2. The lowest BCUT2D eigenvalue weighted by atomic mass is 10.2. The maximum atomic E-state index is 11.3. The number of anilines is 3. The predicted molar refractivity (Wildman–Crippen MR) is 85.0 cm³/mol. The summed E-state index contributed by atoms with van der Waals surface area (Å²) in [6.45, 7) is 4.34. The zero-order chi connectivity index (χ0) is 15.4. The Labute approximate surface area is 130 Å². The van der Waals surface area contributed by atoms with Gasteiger partial charge in [0.1, 0.15) is 6.33 Å². The van der Waals surface area contributed by atoms with Crippen LogP contribution in [0.3, 0.4) is 0 Å². The van der Waals surface area contributed by atoms with E-state index in [1.807, 2.05) is 32.0 Å². The third kappa shape index (κ3) is 3.46. The lowest BCUT2D eigenvalue weighted by molar-refractivity contribution is -0.383. The fraction of sp³-hybridized carbons (Fsp3) is 0.231. The van der Waals surface area contributed by atoms with Crippen LogP contribution in [0.15, 0.2) is 29.0 Å². The number of aryl methyl sites for hydroxylation is 1. The summed E-state index contributed by atoms with van der Waals surface area (Å²) in [7, 11) is 0. The SMILES string of the molecule is CCNc1ncnc(Nc2ccc(C)c(Br)c2)c1[N+](=O)[O-]. The number of halogens is 1. The van der Waals surface area contributed by atoms with Crippen molar-refractivity contribution < 1.29 is 4.92 Å². The molecule has 21 heavy (non-hydrogen) atoms. The minimum absolute atomic E-state index is 0.154. The second-order valence-corrected chi connectivity index (χ2v) is 5.15. The van der Waals surface area contributed by atoms with Crippen molar-refractivity contribution in [2.75, 3.05) is 17.2 Å². The van der Waals surface area contributed by atoms with Crippen molar-refractivity contribution in [3.8, 4) is 0 Å². The molecule has 0 aliphatic carbocycles. The molecular weight excluding hydrogens is 338 g/mol. The van der Waals surface area contributed by atoms with Crippen LogP contribution in [0.25, 0.3) is 0 Å². The molecular formula is C13H14BrN5O2. The minimum Gasteiger partial charge on any atom is -0.364 e. The van der Waals surface area contributed by atoms with Crippen LogP contribution in [0.2, 0.25) is 0 Å². The molecule has 0 aliphatic heterocycles. The van der Waals surface area contributed by atoms with E-state index in [1.165, 1.54) is 6.33 Å². The van der Waals surface area contributed by atoms with Gasteiger partial charge in [0.2, 0.25) is 11.6 Å². The van der Waals surface area contributed by atoms with Crippen LogP contribution >= 0.6 is 15.9 Å². The fourth-order valence-electron chi connectivity index (χ4n) is 1.75. The Kier molecular flexibility index (Phi) is 4.69. The molecule has 2 rings (SSSR count). The van der Waals surface area contributed by atoms with E-state index in [4.69, 9.17) is 0 Å². The molecule has 110 valence electrons. The van der Waals surface area contributed by atoms with Gasteiger partial charge in [-0.25, -0.2) is 9.97 Å². The molecule has 8 heteroatoms. The third-order valence-electron chi connectivity index (χ3n) is 2.78. The molecule has 0 saturated heterocycles. The number of benzene rings is 1. The summed E-state index contributed by atoms with van der Waals surface area (Å²) < 4.78 is 0.913. The van der Waals surface area contributed by atoms with E-state index >= 15 is 0 Å². The van der Waals surface area contributed by atoms with E-state index in [-0.39, 0.29) is 17.3 Å². The Morgan fingerprint density at radius 3 is 2.67 bits per heavy atom. The maximum Gasteiger partial charge on any atom is 0.353 e. The first-order valence-corrected chi connectivity index (χ1v) is 7.08. The van der Waals surface area contributed by atoms with Gasteiger partial charge in [0.25, 0.3) is 0 Å². The lowest BCUT2D eigenvalue weighted by Gasteiger charge is -2.10. The van der Waals surface area contributed by atoms with Crippen molar-refractivity contribution in [2.24, 2.45) is 0 Å². The van der Waals surface area contributed by atoms with Gasteiger partial charge in [-0.1, -0.05) is 22.0 Å². The first kappa shape index (κ1) is 15.2. The molecule has 1 aromatic heterocycles. The molecule has 0 spiro atoms. The van der Waals surface area contributed by atoms with Gasteiger partial charge in [-0.15, -0.1) is 0 Å². The topological polar surface area (TPSA) is 93.0 Å². The molecule has 2 N–H and O–H groups in total. The zero-order valence-electron chi connectivity index (χ0n) is 11.6. The number of nitro groups is 1. The molecule has 1 aromatic carbocycles. The number of hydrogen-bond donors (Lipinski definition) is 2. The molecule has 0 bridgehead atoms. The van der Waals surface area contributed by atoms with Gasteiger partial charge in [-0.05, 0) is 31.5 Å². The van der Waals surface area contributed by atoms with Crippen LogP contribution in [0.5, 0.6) is 0 Å². The van der Waals surface area contributed by atoms with Crippen molar-refractivity contribution in [1.82, 2.24) is 9.97 Å². The van der Waals surface area contributed by atoms with E-state index in [9.17, 15) is 10.1 Å². The summed E-state index contributed by atoms with van der Waals surface area (Å²) in [6.07, 6.45) is 1.29. The van der Waals surface area contributed by atoms with Crippen molar-refractivity contribution in [3.63, 3.8) is 0 Å². The predicted octanol–water partition coefficient (Wildman–Crippen LogP) is 3.63. The van der Waals surface area contributed by atoms with Crippen LogP contribution in [0.4, 0.5) is 23.0 Å². The molecule has 0 radical (unpaired) electrons. The van der Waals surface area contributed by atoms with Crippen molar-refractivity contribution in [3.05, 3.63) is 44.7 Å². The largest absolute Gasteiger partial charge is 0.364 e. The van der Waals surface area contributed by atoms with Gasteiger partial charge in [0.05, 0.1) is 4.92 Å². The summed E-state index contributed by atoms with van der Waals surface area (Å²) in [5.74, 6) is 0.355. The van der Waals surface area contributed by atoms with Crippen molar-refractivity contribution >= 4 is 38.9 Å². The molecule has 0 fully saturated rings. The van der Waals surface area contributed by atoms with Gasteiger partial charge in [0, 0.05) is 16.7 Å². The van der Waals surface area contributed by atoms with Gasteiger partial charge >= 0.3 is 5.69 Å². The van der Waals surface area contributed by atoms with Gasteiger partial charge in [-0.2, -0.15) is 0 Å². The van der Waals surface area contributed by atoms with E-state index in [1.54, 1.807) is 0 Å². The maximum absolute atomic E-state index is 11.3. The molecule has 1 heterocycles. The second kappa shape index (κ2) is 6.49. The van der Waals surface area contributed by atoms with Crippen molar-refractivity contribution in [1.29, 1.82) is 0 Å². The van der Waals surface area contributed by atoms with Gasteiger partial charge < -0.3 is 10.6 Å². The average Bonchev–Trinajstić information content (AvgIpc) is 2.43. The monoisotopic (exact) mass is 351 g/mol. The first-order valence-electron chi connectivity index (χ1n) is 6.29. The normalized spacial score (nSPS) is 10.2. The summed E-state index contributed by atoms with van der Waals surface area (Å²) in [4.78, 5) is 18.7. The Bertz CT molecular complexity index is 678. The quantitative estimate of drug-likeness (QED) is 0.631. The molecule has 0 unspecified atom stereocenters. The summed E-state index contributed by atoms with van der Waals surface area (Å²) >= 11 is 3.43. The molecule has 0 atom stereocenters. The number of hydrogen-bond acceptors (Lipinski definition) is 6. The molecule has 0 saturated carbocycles. The van der Waals surface area contributed by atoms with E-state index < -0.39 is 4.92 Å². The number of nitrogens with zero attached hydrogens (tertiary/aromatic N) is 3. The van der Waals surface area contributed by atoms with Crippen LogP contribution in [0, 0.1) is 17.0 Å². The number of aromatic nitrogens is 2. The van der Waals surface area contributed by atoms with E-state index in [0.29, 0.717) is 12.2 Å². The van der Waals surface area contributed by atoms with Gasteiger partial charge in [-0.3, -0.25) is 10.1 Å². The lowest BCUT2D eigenvalue weighted by Crippen LogP contribution is -2.07. The molecule has 0 amide bonds. The standard InChI is InChI=1S/C13H14BrN5O2/c1-3-15-12-11(19(20)21)13(17-7-16-12)18-9-5-4-8(2)10(14)6-9/h4-7H,3H2,1-2H3,(H2,15,16,17,18). The summed E-state index contributed by atoms with van der Waals surface area (Å²) in [6, 6.07) is 5.58. The van der Waals surface area contributed by atoms with Crippen LogP contribution < -0.4 is 10.6 Å². The summed E-state index contributed by atoms with van der Waals surface area (Å²) in [5, 5.41) is 17.1. The highest BCUT2D eigenvalue weighted by Gasteiger charge is 2.22. The van der Waals surface area contributed by atoms with Gasteiger partial charge in [0.15, 0.2) is 0 Å². The molecule has 0 aliphatic rings. The van der Waals surface area contributed by atoms with E-state index in [2.05, 4.69) is 36.5 Å². The Morgan fingerprint density at radius 2 is 2.05 bits per heavy atom. The second-order valence-electron chi connectivity index (χ2n) is 4.30. The zero-order valence-corrected chi connectivity index (χ0v) is 13.1. The Morgan fingerprint density at radius 1 is 1.33 bits per heavy atom. The fourth-order valence-corrected chi connectivity index (χ4v) is 2.13. The van der Waals surface area contributed by atoms with Crippen LogP contribution in [0.1, 0.15) is 12.5 Å².